The number of halogens is 1. The van der Waals surface area contributed by atoms with Crippen molar-refractivity contribution in [2.75, 3.05) is 19.7 Å². The number of thiocarbonyl (C=S) groups is 1. The van der Waals surface area contributed by atoms with Crippen molar-refractivity contribution in [3.63, 3.8) is 0 Å². The molecule has 2 aliphatic rings. The van der Waals surface area contributed by atoms with Gasteiger partial charge in [-0.25, -0.2) is 4.99 Å². The molecule has 0 spiro atoms. The van der Waals surface area contributed by atoms with E-state index in [1.165, 1.54) is 4.90 Å². The van der Waals surface area contributed by atoms with Gasteiger partial charge in [0, 0.05) is 30.6 Å². The van der Waals surface area contributed by atoms with E-state index in [0.717, 1.165) is 10.9 Å². The molecular weight excluding hydrogens is 418 g/mol. The highest BCUT2D eigenvalue weighted by molar-refractivity contribution is 9.11. The fraction of sp³-hybridized carbons (Fsp3) is 0.556. The number of hydrogen-bond acceptors (Lipinski definition) is 4. The zero-order valence-electron chi connectivity index (χ0n) is 15.0. The van der Waals surface area contributed by atoms with Gasteiger partial charge in [-0.15, -0.1) is 0 Å². The maximum atomic E-state index is 12.6. The van der Waals surface area contributed by atoms with Gasteiger partial charge in [0.1, 0.15) is 5.92 Å². The lowest BCUT2D eigenvalue weighted by Gasteiger charge is -2.30. The first-order chi connectivity index (χ1) is 12.4. The number of nitrogens with zero attached hydrogens (tertiary/aromatic N) is 2. The molecule has 0 fully saturated rings. The predicted molar refractivity (Wildman–Crippen MR) is 109 cm³/mol. The summed E-state index contributed by atoms with van der Waals surface area (Å²) in [5.74, 6) is -0.527. The SMILES string of the molecule is CC(C)OCCCNC(=O)CCCN1C(=O)C2C=C(Br)C=CC2=NC1=S. The minimum absolute atomic E-state index is 0.0302. The van der Waals surface area contributed by atoms with E-state index >= 15 is 0 Å². The lowest BCUT2D eigenvalue weighted by atomic mass is 9.95. The molecule has 8 heteroatoms. The van der Waals surface area contributed by atoms with E-state index in [1.54, 1.807) is 6.08 Å². The zero-order chi connectivity index (χ0) is 19.1. The quantitative estimate of drug-likeness (QED) is 0.441. The second kappa shape index (κ2) is 10.1. The summed E-state index contributed by atoms with van der Waals surface area (Å²) >= 11 is 8.62. The van der Waals surface area contributed by atoms with Gasteiger partial charge in [0.2, 0.25) is 16.9 Å². The molecule has 1 unspecified atom stereocenters. The molecule has 0 saturated carbocycles. The van der Waals surface area contributed by atoms with Crippen molar-refractivity contribution in [1.82, 2.24) is 10.2 Å². The van der Waals surface area contributed by atoms with E-state index in [2.05, 4.69) is 26.2 Å². The summed E-state index contributed by atoms with van der Waals surface area (Å²) in [5.41, 5.74) is 0.667. The Morgan fingerprint density at radius 3 is 2.92 bits per heavy atom. The van der Waals surface area contributed by atoms with Gasteiger partial charge in [-0.2, -0.15) is 0 Å². The number of carbonyl (C=O) groups is 2. The van der Waals surface area contributed by atoms with E-state index in [1.807, 2.05) is 26.0 Å². The van der Waals surface area contributed by atoms with Gasteiger partial charge in [-0.3, -0.25) is 14.5 Å². The Hall–Kier alpha value is -1.38. The van der Waals surface area contributed by atoms with E-state index in [9.17, 15) is 9.59 Å². The Morgan fingerprint density at radius 2 is 2.19 bits per heavy atom. The molecule has 0 aromatic carbocycles. The van der Waals surface area contributed by atoms with Crippen molar-refractivity contribution in [2.45, 2.75) is 39.2 Å². The number of fused-ring (bicyclic) bond motifs is 1. The molecule has 0 aromatic rings. The highest BCUT2D eigenvalue weighted by atomic mass is 79.9. The van der Waals surface area contributed by atoms with Gasteiger partial charge < -0.3 is 10.1 Å². The third kappa shape index (κ3) is 6.10. The van der Waals surface area contributed by atoms with Gasteiger partial charge >= 0.3 is 0 Å². The van der Waals surface area contributed by atoms with Crippen LogP contribution < -0.4 is 5.32 Å². The molecule has 1 N–H and O–H groups in total. The number of hydrogen-bond donors (Lipinski definition) is 1. The molecule has 0 bridgehead atoms. The molecule has 142 valence electrons. The standard InChI is InChI=1S/C18H24BrN3O3S/c1-12(2)25-10-4-8-20-16(23)5-3-9-22-17(24)14-11-13(19)6-7-15(14)21-18(22)26/h6-7,11-12,14H,3-5,8-10H2,1-2H3,(H,20,23). The number of aliphatic imine (C=N–C) groups is 1. The van der Waals surface area contributed by atoms with Crippen molar-refractivity contribution < 1.29 is 14.3 Å². The maximum Gasteiger partial charge on any atom is 0.241 e. The Kier molecular flexibility index (Phi) is 8.12. The second-order valence-electron chi connectivity index (χ2n) is 6.40. The zero-order valence-corrected chi connectivity index (χ0v) is 17.4. The predicted octanol–water partition coefficient (Wildman–Crippen LogP) is 2.73. The van der Waals surface area contributed by atoms with Crippen LogP contribution in [0, 0.1) is 5.92 Å². The molecule has 6 nitrogen and oxygen atoms in total. The van der Waals surface area contributed by atoms with Crippen molar-refractivity contribution in [3.05, 3.63) is 22.7 Å². The van der Waals surface area contributed by atoms with Crippen LogP contribution in [-0.2, 0) is 14.3 Å². The maximum absolute atomic E-state index is 12.6. The molecule has 2 amide bonds. The van der Waals surface area contributed by atoms with E-state index in [4.69, 9.17) is 17.0 Å². The fourth-order valence-corrected chi connectivity index (χ4v) is 3.30. The van der Waals surface area contributed by atoms with Crippen LogP contribution in [0.3, 0.4) is 0 Å². The number of allylic oxidation sites excluding steroid dienone is 3. The summed E-state index contributed by atoms with van der Waals surface area (Å²) in [6.45, 7) is 5.58. The van der Waals surface area contributed by atoms with Crippen molar-refractivity contribution in [2.24, 2.45) is 10.9 Å². The molecule has 1 atom stereocenters. The Labute approximate surface area is 167 Å². The van der Waals surface area contributed by atoms with E-state index < -0.39 is 5.92 Å². The number of nitrogens with one attached hydrogen (secondary N) is 1. The van der Waals surface area contributed by atoms with Crippen LogP contribution in [0.25, 0.3) is 0 Å². The highest BCUT2D eigenvalue weighted by Crippen LogP contribution is 2.25. The molecule has 2 rings (SSSR count). The van der Waals surface area contributed by atoms with Gasteiger partial charge in [0.15, 0.2) is 0 Å². The van der Waals surface area contributed by atoms with Gasteiger partial charge in [-0.05, 0) is 51.1 Å². The van der Waals surface area contributed by atoms with Crippen LogP contribution in [0.2, 0.25) is 0 Å². The molecule has 1 aliphatic carbocycles. The first-order valence-corrected chi connectivity index (χ1v) is 9.96. The monoisotopic (exact) mass is 441 g/mol. The largest absolute Gasteiger partial charge is 0.379 e. The fourth-order valence-electron chi connectivity index (χ4n) is 2.62. The Balaban J connectivity index is 1.73. The summed E-state index contributed by atoms with van der Waals surface area (Å²) in [7, 11) is 0. The van der Waals surface area contributed by atoms with E-state index in [-0.39, 0.29) is 23.0 Å². The van der Waals surface area contributed by atoms with Gasteiger partial charge in [0.05, 0.1) is 11.8 Å². The van der Waals surface area contributed by atoms with Crippen molar-refractivity contribution in [1.29, 1.82) is 0 Å². The summed E-state index contributed by atoms with van der Waals surface area (Å²) in [5, 5.41) is 3.13. The molecule has 0 aromatic heterocycles. The van der Waals surface area contributed by atoms with Gasteiger partial charge in [-0.1, -0.05) is 22.0 Å². The average Bonchev–Trinajstić information content (AvgIpc) is 2.58. The first kappa shape index (κ1) is 20.9. The lowest BCUT2D eigenvalue weighted by Crippen LogP contribution is -2.46. The molecule has 1 aliphatic heterocycles. The topological polar surface area (TPSA) is 71.0 Å². The normalized spacial score (nSPS) is 19.4. The summed E-state index contributed by atoms with van der Waals surface area (Å²) in [4.78, 5) is 30.3. The minimum Gasteiger partial charge on any atom is -0.379 e. The number of rotatable bonds is 9. The first-order valence-electron chi connectivity index (χ1n) is 8.76. The van der Waals surface area contributed by atoms with Gasteiger partial charge in [0.25, 0.3) is 0 Å². The average molecular weight is 442 g/mol. The molecule has 0 saturated heterocycles. The molecular formula is C18H24BrN3O3S. The molecule has 0 radical (unpaired) electrons. The lowest BCUT2D eigenvalue weighted by molar-refractivity contribution is -0.129. The number of ether oxygens (including phenoxy) is 1. The third-order valence-corrected chi connectivity index (χ3v) is 4.77. The summed E-state index contributed by atoms with van der Waals surface area (Å²) in [6.07, 6.45) is 7.34. The second-order valence-corrected chi connectivity index (χ2v) is 7.68. The molecule has 1 heterocycles. The highest BCUT2D eigenvalue weighted by Gasteiger charge is 2.34. The summed E-state index contributed by atoms with van der Waals surface area (Å²) in [6, 6.07) is 0. The number of amides is 2. The van der Waals surface area contributed by atoms with Crippen LogP contribution in [0.1, 0.15) is 33.1 Å². The minimum atomic E-state index is -0.407. The Morgan fingerprint density at radius 1 is 1.42 bits per heavy atom. The van der Waals surface area contributed by atoms with Crippen LogP contribution in [0.15, 0.2) is 27.7 Å². The van der Waals surface area contributed by atoms with E-state index in [0.29, 0.717) is 38.2 Å². The van der Waals surface area contributed by atoms with Crippen LogP contribution in [0.4, 0.5) is 0 Å². The summed E-state index contributed by atoms with van der Waals surface area (Å²) < 4.78 is 6.27. The number of carbonyl (C=O) groups excluding carboxylic acids is 2. The third-order valence-electron chi connectivity index (χ3n) is 3.93. The van der Waals surface area contributed by atoms with Crippen molar-refractivity contribution in [3.8, 4) is 0 Å². The van der Waals surface area contributed by atoms with Crippen molar-refractivity contribution >= 4 is 50.8 Å². The van der Waals surface area contributed by atoms with Crippen LogP contribution in [-0.4, -0.2) is 53.3 Å². The molecule has 26 heavy (non-hydrogen) atoms. The Bertz CT molecular complexity index is 658. The smallest absolute Gasteiger partial charge is 0.241 e. The van der Waals surface area contributed by atoms with Crippen LogP contribution >= 0.6 is 28.1 Å². The van der Waals surface area contributed by atoms with Crippen LogP contribution in [0.5, 0.6) is 0 Å².